The summed E-state index contributed by atoms with van der Waals surface area (Å²) in [7, 11) is 1.70. The number of ether oxygens (including phenoxy) is 2. The lowest BCUT2D eigenvalue weighted by molar-refractivity contribution is 0.194. The second-order valence-electron chi connectivity index (χ2n) is 4.58. The number of aliphatic hydroxyl groups is 1. The van der Waals surface area contributed by atoms with E-state index in [9.17, 15) is 5.11 Å². The maximum atomic E-state index is 9.39. The van der Waals surface area contributed by atoms with E-state index in [1.165, 1.54) is 5.56 Å². The van der Waals surface area contributed by atoms with Crippen LogP contribution >= 0.6 is 0 Å². The Morgan fingerprint density at radius 3 is 2.35 bits per heavy atom. The van der Waals surface area contributed by atoms with Gasteiger partial charge in [0.1, 0.15) is 11.5 Å². The lowest BCUT2D eigenvalue weighted by Gasteiger charge is -2.08. The van der Waals surface area contributed by atoms with Gasteiger partial charge in [0.2, 0.25) is 0 Å². The molecule has 0 saturated carbocycles. The standard InChI is InChI=1S/C16H19NO3/c1-12(18)16-8-7-15(11-17-16)20-14-5-3-13(4-6-14)9-10-19-2/h3-8,11-12,18H,9-10H2,1-2H3/t12-/m0/s1. The fourth-order valence-corrected chi connectivity index (χ4v) is 1.78. The Morgan fingerprint density at radius 2 is 1.80 bits per heavy atom. The van der Waals surface area contributed by atoms with E-state index in [2.05, 4.69) is 4.98 Å². The van der Waals surface area contributed by atoms with Crippen LogP contribution in [0.25, 0.3) is 0 Å². The second kappa shape index (κ2) is 7.03. The quantitative estimate of drug-likeness (QED) is 0.878. The van der Waals surface area contributed by atoms with Gasteiger partial charge in [-0.3, -0.25) is 4.98 Å². The van der Waals surface area contributed by atoms with Crippen LogP contribution in [-0.2, 0) is 11.2 Å². The molecule has 4 heteroatoms. The zero-order valence-corrected chi connectivity index (χ0v) is 11.7. The lowest BCUT2D eigenvalue weighted by atomic mass is 10.1. The second-order valence-corrected chi connectivity index (χ2v) is 4.58. The van der Waals surface area contributed by atoms with Gasteiger partial charge in [-0.2, -0.15) is 0 Å². The van der Waals surface area contributed by atoms with Crippen molar-refractivity contribution in [2.45, 2.75) is 19.4 Å². The summed E-state index contributed by atoms with van der Waals surface area (Å²) in [4.78, 5) is 4.14. The van der Waals surface area contributed by atoms with Crippen LogP contribution in [0, 0.1) is 0 Å². The summed E-state index contributed by atoms with van der Waals surface area (Å²) in [6, 6.07) is 11.4. The summed E-state index contributed by atoms with van der Waals surface area (Å²) in [6.45, 7) is 2.40. The molecule has 1 heterocycles. The Kier molecular flexibility index (Phi) is 5.09. The maximum Gasteiger partial charge on any atom is 0.145 e. The largest absolute Gasteiger partial charge is 0.456 e. The molecule has 1 aromatic carbocycles. The molecule has 0 aliphatic rings. The van der Waals surface area contributed by atoms with E-state index in [1.807, 2.05) is 24.3 Å². The summed E-state index contributed by atoms with van der Waals surface area (Å²) in [6.07, 6.45) is 1.94. The van der Waals surface area contributed by atoms with Gasteiger partial charge in [0.25, 0.3) is 0 Å². The normalized spacial score (nSPS) is 12.2. The van der Waals surface area contributed by atoms with Gasteiger partial charge in [-0.1, -0.05) is 12.1 Å². The highest BCUT2D eigenvalue weighted by atomic mass is 16.5. The van der Waals surface area contributed by atoms with Crippen molar-refractivity contribution in [3.63, 3.8) is 0 Å². The Hall–Kier alpha value is -1.91. The van der Waals surface area contributed by atoms with Crippen LogP contribution in [0.5, 0.6) is 11.5 Å². The van der Waals surface area contributed by atoms with E-state index in [4.69, 9.17) is 9.47 Å². The molecule has 0 aliphatic carbocycles. The third-order valence-corrected chi connectivity index (χ3v) is 2.94. The summed E-state index contributed by atoms with van der Waals surface area (Å²) < 4.78 is 10.7. The minimum Gasteiger partial charge on any atom is -0.456 e. The van der Waals surface area contributed by atoms with Crippen LogP contribution in [0.3, 0.4) is 0 Å². The Bertz CT molecular complexity index is 520. The summed E-state index contributed by atoms with van der Waals surface area (Å²) in [5.74, 6) is 1.41. The molecule has 1 atom stereocenters. The SMILES string of the molecule is COCCc1ccc(Oc2ccc([C@H](C)O)nc2)cc1. The van der Waals surface area contributed by atoms with Crippen molar-refractivity contribution in [3.8, 4) is 11.5 Å². The number of aromatic nitrogens is 1. The first-order valence-electron chi connectivity index (χ1n) is 6.59. The predicted molar refractivity (Wildman–Crippen MR) is 77.0 cm³/mol. The van der Waals surface area contributed by atoms with Gasteiger partial charge < -0.3 is 14.6 Å². The molecule has 2 aromatic rings. The van der Waals surface area contributed by atoms with Crippen molar-refractivity contribution < 1.29 is 14.6 Å². The smallest absolute Gasteiger partial charge is 0.145 e. The number of aliphatic hydroxyl groups excluding tert-OH is 1. The molecule has 4 nitrogen and oxygen atoms in total. The van der Waals surface area contributed by atoms with Crippen molar-refractivity contribution >= 4 is 0 Å². The van der Waals surface area contributed by atoms with Crippen LogP contribution in [-0.4, -0.2) is 23.8 Å². The molecule has 1 N–H and O–H groups in total. The first-order valence-corrected chi connectivity index (χ1v) is 6.59. The molecule has 0 saturated heterocycles. The fourth-order valence-electron chi connectivity index (χ4n) is 1.78. The van der Waals surface area contributed by atoms with Gasteiger partial charge in [-0.05, 0) is 43.2 Å². The lowest BCUT2D eigenvalue weighted by Crippen LogP contribution is -1.96. The van der Waals surface area contributed by atoms with Crippen LogP contribution in [0.4, 0.5) is 0 Å². The highest BCUT2D eigenvalue weighted by molar-refractivity contribution is 5.32. The molecule has 20 heavy (non-hydrogen) atoms. The number of nitrogens with zero attached hydrogens (tertiary/aromatic N) is 1. The molecule has 0 spiro atoms. The number of methoxy groups -OCH3 is 1. The molecule has 0 fully saturated rings. The van der Waals surface area contributed by atoms with Gasteiger partial charge >= 0.3 is 0 Å². The zero-order chi connectivity index (χ0) is 14.4. The summed E-state index contributed by atoms with van der Waals surface area (Å²) >= 11 is 0. The van der Waals surface area contributed by atoms with E-state index in [0.717, 1.165) is 12.2 Å². The molecule has 2 rings (SSSR count). The van der Waals surface area contributed by atoms with Crippen LogP contribution in [0.1, 0.15) is 24.3 Å². The van der Waals surface area contributed by atoms with E-state index >= 15 is 0 Å². The number of benzene rings is 1. The predicted octanol–water partition coefficient (Wildman–Crippen LogP) is 3.12. The average molecular weight is 273 g/mol. The molecule has 0 aliphatic heterocycles. The number of pyridine rings is 1. The molecular formula is C16H19NO3. The highest BCUT2D eigenvalue weighted by Gasteiger charge is 2.03. The van der Waals surface area contributed by atoms with Crippen molar-refractivity contribution in [2.75, 3.05) is 13.7 Å². The van der Waals surface area contributed by atoms with Crippen molar-refractivity contribution in [1.82, 2.24) is 4.98 Å². The van der Waals surface area contributed by atoms with Crippen molar-refractivity contribution in [1.29, 1.82) is 0 Å². The molecule has 0 bridgehead atoms. The Labute approximate surface area is 119 Å². The molecular weight excluding hydrogens is 254 g/mol. The first-order chi connectivity index (χ1) is 9.69. The Morgan fingerprint density at radius 1 is 1.10 bits per heavy atom. The van der Waals surface area contributed by atoms with Gasteiger partial charge in [0.15, 0.2) is 0 Å². The van der Waals surface area contributed by atoms with Gasteiger partial charge in [-0.25, -0.2) is 0 Å². The van der Waals surface area contributed by atoms with Crippen molar-refractivity contribution in [2.24, 2.45) is 0 Å². The third kappa shape index (κ3) is 4.05. The summed E-state index contributed by atoms with van der Waals surface area (Å²) in [5, 5.41) is 9.39. The Balaban J connectivity index is 1.98. The van der Waals surface area contributed by atoms with E-state index in [-0.39, 0.29) is 0 Å². The highest BCUT2D eigenvalue weighted by Crippen LogP contribution is 2.22. The first kappa shape index (κ1) is 14.5. The molecule has 0 unspecified atom stereocenters. The van der Waals surface area contributed by atoms with E-state index in [1.54, 1.807) is 32.4 Å². The fraction of sp³-hybridized carbons (Fsp3) is 0.312. The number of hydrogen-bond acceptors (Lipinski definition) is 4. The van der Waals surface area contributed by atoms with Gasteiger partial charge in [0.05, 0.1) is 24.6 Å². The molecule has 1 aromatic heterocycles. The number of hydrogen-bond donors (Lipinski definition) is 1. The van der Waals surface area contributed by atoms with Crippen molar-refractivity contribution in [3.05, 3.63) is 53.9 Å². The van der Waals surface area contributed by atoms with Gasteiger partial charge in [0, 0.05) is 7.11 Å². The van der Waals surface area contributed by atoms with E-state index in [0.29, 0.717) is 18.1 Å². The average Bonchev–Trinajstić information content (AvgIpc) is 2.47. The van der Waals surface area contributed by atoms with Crippen LogP contribution < -0.4 is 4.74 Å². The minimum absolute atomic E-state index is 0.566. The topological polar surface area (TPSA) is 51.6 Å². The monoisotopic (exact) mass is 273 g/mol. The molecule has 106 valence electrons. The van der Waals surface area contributed by atoms with Gasteiger partial charge in [-0.15, -0.1) is 0 Å². The van der Waals surface area contributed by atoms with Crippen LogP contribution in [0.15, 0.2) is 42.6 Å². The third-order valence-electron chi connectivity index (χ3n) is 2.94. The molecule has 0 radical (unpaired) electrons. The maximum absolute atomic E-state index is 9.39. The van der Waals surface area contributed by atoms with Crippen LogP contribution in [0.2, 0.25) is 0 Å². The van der Waals surface area contributed by atoms with E-state index < -0.39 is 6.10 Å². The minimum atomic E-state index is -0.566. The summed E-state index contributed by atoms with van der Waals surface area (Å²) in [5.41, 5.74) is 1.84. The molecule has 0 amide bonds. The zero-order valence-electron chi connectivity index (χ0n) is 11.7. The number of rotatable bonds is 6.